The molecular weight excluding hydrogens is 136 g/mol. The van der Waals surface area contributed by atoms with Crippen LogP contribution in [0.5, 0.6) is 0 Å². The van der Waals surface area contributed by atoms with Gasteiger partial charge in [0, 0.05) is 6.54 Å². The normalized spacial score (nSPS) is 9.56. The Morgan fingerprint density at radius 1 is 1.56 bits per heavy atom. The summed E-state index contributed by atoms with van der Waals surface area (Å²) in [6.07, 6.45) is 6.44. The fraction of sp³-hybridized carbons (Fsp3) is 0.667. The van der Waals surface area contributed by atoms with Gasteiger partial charge < -0.3 is 0 Å². The molecule has 3 N–H and O–H groups in total. The van der Waals surface area contributed by atoms with Crippen LogP contribution in [0, 0.1) is 0 Å². The lowest BCUT2D eigenvalue weighted by Gasteiger charge is -1.91. The Balaban J connectivity index is 0. The number of rotatable bonds is 4. The number of unbranched alkanes of at least 4 members (excludes halogenated alkanes) is 1. The van der Waals surface area contributed by atoms with Crippen molar-refractivity contribution >= 4 is 12.4 Å². The lowest BCUT2D eigenvalue weighted by atomic mass is 10.3. The molecule has 0 aromatic rings. The van der Waals surface area contributed by atoms with Crippen molar-refractivity contribution in [2.75, 3.05) is 6.54 Å². The highest BCUT2D eigenvalue weighted by Gasteiger charge is 1.77. The van der Waals surface area contributed by atoms with Gasteiger partial charge in [0.05, 0.1) is 0 Å². The van der Waals surface area contributed by atoms with Gasteiger partial charge in [0.2, 0.25) is 0 Å². The summed E-state index contributed by atoms with van der Waals surface area (Å²) >= 11 is 0. The van der Waals surface area contributed by atoms with Crippen LogP contribution in [0.25, 0.3) is 0 Å². The Morgan fingerprint density at radius 3 is 2.67 bits per heavy atom. The van der Waals surface area contributed by atoms with Gasteiger partial charge in [-0.1, -0.05) is 12.2 Å². The zero-order valence-electron chi connectivity index (χ0n) is 5.76. The molecule has 0 aliphatic carbocycles. The maximum absolute atomic E-state index is 5.04. The van der Waals surface area contributed by atoms with Crippen LogP contribution in [0.4, 0.5) is 0 Å². The van der Waals surface area contributed by atoms with Crippen molar-refractivity contribution in [1.29, 1.82) is 0 Å². The highest BCUT2D eigenvalue weighted by atomic mass is 35.5. The van der Waals surface area contributed by atoms with E-state index in [2.05, 4.69) is 17.6 Å². The van der Waals surface area contributed by atoms with Gasteiger partial charge in [-0.3, -0.25) is 11.3 Å². The molecule has 0 radical (unpaired) electrons. The highest BCUT2D eigenvalue weighted by Crippen LogP contribution is 1.86. The number of nitrogens with two attached hydrogens (primary N) is 1. The summed E-state index contributed by atoms with van der Waals surface area (Å²) in [4.78, 5) is 0. The van der Waals surface area contributed by atoms with E-state index >= 15 is 0 Å². The van der Waals surface area contributed by atoms with Crippen molar-refractivity contribution in [2.45, 2.75) is 19.8 Å². The van der Waals surface area contributed by atoms with Crippen LogP contribution < -0.4 is 11.3 Å². The van der Waals surface area contributed by atoms with Gasteiger partial charge in [-0.2, -0.15) is 0 Å². The molecule has 9 heavy (non-hydrogen) atoms. The third kappa shape index (κ3) is 11.5. The predicted molar refractivity (Wildman–Crippen MR) is 43.5 cm³/mol. The monoisotopic (exact) mass is 150 g/mol. The molecule has 0 unspecified atom stereocenters. The van der Waals surface area contributed by atoms with Gasteiger partial charge in [0.1, 0.15) is 0 Å². The summed E-state index contributed by atoms with van der Waals surface area (Å²) in [6, 6.07) is 0. The van der Waals surface area contributed by atoms with E-state index in [1.807, 2.05) is 6.92 Å². The molecular formula is C6H15ClN2. The van der Waals surface area contributed by atoms with Crippen molar-refractivity contribution in [2.24, 2.45) is 5.84 Å². The van der Waals surface area contributed by atoms with Gasteiger partial charge in [-0.15, -0.1) is 12.4 Å². The van der Waals surface area contributed by atoms with Crippen molar-refractivity contribution in [1.82, 2.24) is 5.43 Å². The SMILES string of the molecule is C/C=C/CCCNN.Cl. The van der Waals surface area contributed by atoms with E-state index in [0.29, 0.717) is 0 Å². The van der Waals surface area contributed by atoms with E-state index in [-0.39, 0.29) is 12.4 Å². The highest BCUT2D eigenvalue weighted by molar-refractivity contribution is 5.85. The minimum atomic E-state index is 0. The maximum atomic E-state index is 5.04. The van der Waals surface area contributed by atoms with E-state index in [1.54, 1.807) is 0 Å². The average molecular weight is 151 g/mol. The second-order valence-electron chi connectivity index (χ2n) is 1.67. The molecule has 0 fully saturated rings. The summed E-state index contributed by atoms with van der Waals surface area (Å²) in [5.41, 5.74) is 2.59. The quantitative estimate of drug-likeness (QED) is 0.274. The van der Waals surface area contributed by atoms with Crippen molar-refractivity contribution < 1.29 is 0 Å². The van der Waals surface area contributed by atoms with Crippen LogP contribution in [0.1, 0.15) is 19.8 Å². The molecule has 0 bridgehead atoms. The number of allylic oxidation sites excluding steroid dienone is 2. The van der Waals surface area contributed by atoms with Crippen LogP contribution in [0.15, 0.2) is 12.2 Å². The third-order valence-electron chi connectivity index (χ3n) is 0.928. The smallest absolute Gasteiger partial charge is 0.0100 e. The van der Waals surface area contributed by atoms with E-state index in [0.717, 1.165) is 19.4 Å². The number of halogens is 1. The molecule has 0 heterocycles. The molecule has 0 saturated heterocycles. The molecule has 56 valence electrons. The lowest BCUT2D eigenvalue weighted by Crippen LogP contribution is -2.22. The van der Waals surface area contributed by atoms with E-state index < -0.39 is 0 Å². The second-order valence-corrected chi connectivity index (χ2v) is 1.67. The summed E-state index contributed by atoms with van der Waals surface area (Å²) in [5.74, 6) is 5.04. The topological polar surface area (TPSA) is 38.0 Å². The Morgan fingerprint density at radius 2 is 2.22 bits per heavy atom. The average Bonchev–Trinajstić information content (AvgIpc) is 1.81. The minimum absolute atomic E-state index is 0. The van der Waals surface area contributed by atoms with Gasteiger partial charge in [0.15, 0.2) is 0 Å². The predicted octanol–water partition coefficient (Wildman–Crippen LogP) is 1.23. The summed E-state index contributed by atoms with van der Waals surface area (Å²) in [7, 11) is 0. The number of hydrogen-bond acceptors (Lipinski definition) is 2. The number of hydrogen-bond donors (Lipinski definition) is 2. The third-order valence-corrected chi connectivity index (χ3v) is 0.928. The summed E-state index contributed by atoms with van der Waals surface area (Å²) < 4.78 is 0. The van der Waals surface area contributed by atoms with Crippen molar-refractivity contribution in [3.8, 4) is 0 Å². The maximum Gasteiger partial charge on any atom is 0.0100 e. The van der Waals surface area contributed by atoms with Crippen LogP contribution in [-0.2, 0) is 0 Å². The van der Waals surface area contributed by atoms with E-state index in [9.17, 15) is 0 Å². The minimum Gasteiger partial charge on any atom is -0.271 e. The summed E-state index contributed by atoms with van der Waals surface area (Å²) in [5, 5.41) is 0. The van der Waals surface area contributed by atoms with Gasteiger partial charge >= 0.3 is 0 Å². The first-order valence-corrected chi connectivity index (χ1v) is 2.96. The van der Waals surface area contributed by atoms with Gasteiger partial charge in [-0.25, -0.2) is 0 Å². The van der Waals surface area contributed by atoms with Crippen molar-refractivity contribution in [3.63, 3.8) is 0 Å². The first-order valence-electron chi connectivity index (χ1n) is 2.96. The number of hydrazine groups is 1. The number of nitrogens with one attached hydrogen (secondary N) is 1. The van der Waals surface area contributed by atoms with Crippen LogP contribution in [0.3, 0.4) is 0 Å². The molecule has 3 heteroatoms. The molecule has 0 saturated carbocycles. The molecule has 0 atom stereocenters. The van der Waals surface area contributed by atoms with E-state index in [1.165, 1.54) is 0 Å². The molecule has 0 aromatic heterocycles. The molecule has 0 aliphatic rings. The molecule has 0 aliphatic heterocycles. The zero-order valence-corrected chi connectivity index (χ0v) is 6.58. The zero-order chi connectivity index (χ0) is 6.24. The Kier molecular flexibility index (Phi) is 14.1. The van der Waals surface area contributed by atoms with Crippen LogP contribution in [0.2, 0.25) is 0 Å². The standard InChI is InChI=1S/C6H14N2.ClH/c1-2-3-4-5-6-8-7;/h2-3,8H,4-7H2,1H3;1H/b3-2+;. The molecule has 2 nitrogen and oxygen atoms in total. The molecule has 0 aromatic carbocycles. The molecule has 0 spiro atoms. The summed E-state index contributed by atoms with van der Waals surface area (Å²) in [6.45, 7) is 2.93. The van der Waals surface area contributed by atoms with Crippen molar-refractivity contribution in [3.05, 3.63) is 12.2 Å². The van der Waals surface area contributed by atoms with Gasteiger partial charge in [0.25, 0.3) is 0 Å². The Labute approximate surface area is 62.9 Å². The van der Waals surface area contributed by atoms with Gasteiger partial charge in [-0.05, 0) is 19.8 Å². The van der Waals surface area contributed by atoms with Crippen LogP contribution >= 0.6 is 12.4 Å². The molecule has 0 rings (SSSR count). The fourth-order valence-corrected chi connectivity index (χ4v) is 0.489. The largest absolute Gasteiger partial charge is 0.271 e. The Bertz CT molecular complexity index is 64.1. The Hall–Kier alpha value is -0.0500. The first kappa shape index (κ1) is 11.7. The molecule has 0 amide bonds. The van der Waals surface area contributed by atoms with Crippen LogP contribution in [-0.4, -0.2) is 6.54 Å². The second kappa shape index (κ2) is 10.8. The first-order chi connectivity index (χ1) is 3.91. The van der Waals surface area contributed by atoms with E-state index in [4.69, 9.17) is 5.84 Å². The lowest BCUT2D eigenvalue weighted by molar-refractivity contribution is 0.687. The fourth-order valence-electron chi connectivity index (χ4n) is 0.489.